The molecule has 1 aromatic rings. The molecule has 3 rings (SSSR count). The molecule has 2 aliphatic rings. The van der Waals surface area contributed by atoms with Gasteiger partial charge in [0.1, 0.15) is 5.76 Å². The van der Waals surface area contributed by atoms with Gasteiger partial charge in [0.05, 0.1) is 12.4 Å². The Morgan fingerprint density at radius 3 is 2.94 bits per heavy atom. The van der Waals surface area contributed by atoms with Crippen molar-refractivity contribution in [3.05, 3.63) is 35.3 Å². The Morgan fingerprint density at radius 2 is 2.18 bits per heavy atom. The average Bonchev–Trinajstić information content (AvgIpc) is 2.71. The maximum absolute atomic E-state index is 10.1. The normalized spacial score (nSPS) is 34.8. The molecule has 17 heavy (non-hydrogen) atoms. The number of rotatable bonds is 0. The van der Waals surface area contributed by atoms with Crippen LogP contribution >= 0.6 is 0 Å². The van der Waals surface area contributed by atoms with Crippen LogP contribution in [0, 0.1) is 11.8 Å². The highest BCUT2D eigenvalue weighted by atomic mass is 16.3. The van der Waals surface area contributed by atoms with Crippen LogP contribution in [0.15, 0.2) is 28.4 Å². The minimum absolute atomic E-state index is 0.101. The van der Waals surface area contributed by atoms with Gasteiger partial charge in [0, 0.05) is 6.42 Å². The topological polar surface area (TPSA) is 33.4 Å². The molecule has 0 spiro atoms. The molecule has 0 saturated heterocycles. The summed E-state index contributed by atoms with van der Waals surface area (Å²) in [6.07, 6.45) is 5.66. The molecule has 0 saturated carbocycles. The Bertz CT molecular complexity index is 467. The zero-order valence-corrected chi connectivity index (χ0v) is 10.7. The first-order valence-electron chi connectivity index (χ1n) is 6.43. The maximum Gasteiger partial charge on any atom is 0.108 e. The van der Waals surface area contributed by atoms with Crippen LogP contribution in [-0.4, -0.2) is 11.2 Å². The SMILES string of the molecule is CC1=C[C@@H]2Cc3occc3C(C)(C)[C@@H]2C[C@H]1O. The smallest absolute Gasteiger partial charge is 0.108 e. The van der Waals surface area contributed by atoms with E-state index in [2.05, 4.69) is 26.0 Å². The lowest BCUT2D eigenvalue weighted by atomic mass is 9.59. The summed E-state index contributed by atoms with van der Waals surface area (Å²) < 4.78 is 5.61. The van der Waals surface area contributed by atoms with E-state index < -0.39 is 0 Å². The molecule has 1 heterocycles. The molecule has 2 heteroatoms. The lowest BCUT2D eigenvalue weighted by Gasteiger charge is -2.46. The second kappa shape index (κ2) is 3.49. The number of hydrogen-bond acceptors (Lipinski definition) is 2. The Kier molecular flexibility index (Phi) is 2.27. The molecule has 0 amide bonds. The van der Waals surface area contributed by atoms with Crippen molar-refractivity contribution in [2.24, 2.45) is 11.8 Å². The van der Waals surface area contributed by atoms with E-state index in [9.17, 15) is 5.11 Å². The molecular formula is C15H20O2. The monoisotopic (exact) mass is 232 g/mol. The fourth-order valence-electron chi connectivity index (χ4n) is 3.68. The van der Waals surface area contributed by atoms with Crippen molar-refractivity contribution in [3.8, 4) is 0 Å². The van der Waals surface area contributed by atoms with Gasteiger partial charge in [-0.15, -0.1) is 0 Å². The molecule has 1 aromatic heterocycles. The average molecular weight is 232 g/mol. The second-order valence-electron chi connectivity index (χ2n) is 6.12. The largest absolute Gasteiger partial charge is 0.469 e. The van der Waals surface area contributed by atoms with E-state index in [4.69, 9.17) is 4.42 Å². The van der Waals surface area contributed by atoms with Crippen LogP contribution in [0.3, 0.4) is 0 Å². The van der Waals surface area contributed by atoms with Crippen LogP contribution in [0.2, 0.25) is 0 Å². The predicted molar refractivity (Wildman–Crippen MR) is 66.8 cm³/mol. The molecule has 2 nitrogen and oxygen atoms in total. The van der Waals surface area contributed by atoms with Gasteiger partial charge < -0.3 is 9.52 Å². The fourth-order valence-corrected chi connectivity index (χ4v) is 3.68. The summed E-state index contributed by atoms with van der Waals surface area (Å²) in [4.78, 5) is 0. The van der Waals surface area contributed by atoms with Crippen molar-refractivity contribution in [3.63, 3.8) is 0 Å². The van der Waals surface area contributed by atoms with Crippen molar-refractivity contribution in [1.82, 2.24) is 0 Å². The molecule has 0 radical (unpaired) electrons. The molecule has 92 valence electrons. The van der Waals surface area contributed by atoms with Gasteiger partial charge in [0.15, 0.2) is 0 Å². The van der Waals surface area contributed by atoms with E-state index in [-0.39, 0.29) is 11.5 Å². The number of fused-ring (bicyclic) bond motifs is 2. The molecule has 0 aliphatic heterocycles. The Labute approximate surface area is 102 Å². The van der Waals surface area contributed by atoms with Crippen molar-refractivity contribution >= 4 is 0 Å². The summed E-state index contributed by atoms with van der Waals surface area (Å²) in [6, 6.07) is 2.10. The first kappa shape index (κ1) is 11.1. The van der Waals surface area contributed by atoms with Gasteiger partial charge in [-0.05, 0) is 47.8 Å². The van der Waals surface area contributed by atoms with Crippen molar-refractivity contribution in [2.45, 2.75) is 45.1 Å². The predicted octanol–water partition coefficient (Wildman–Crippen LogP) is 3.06. The van der Waals surface area contributed by atoms with E-state index in [1.807, 2.05) is 6.92 Å². The van der Waals surface area contributed by atoms with Gasteiger partial charge in [-0.25, -0.2) is 0 Å². The van der Waals surface area contributed by atoms with E-state index in [1.54, 1.807) is 6.26 Å². The summed E-state index contributed by atoms with van der Waals surface area (Å²) in [7, 11) is 0. The van der Waals surface area contributed by atoms with Gasteiger partial charge in [0.2, 0.25) is 0 Å². The zero-order valence-electron chi connectivity index (χ0n) is 10.7. The summed E-state index contributed by atoms with van der Waals surface area (Å²) in [5.74, 6) is 2.18. The summed E-state index contributed by atoms with van der Waals surface area (Å²) >= 11 is 0. The molecule has 1 N–H and O–H groups in total. The minimum atomic E-state index is -0.260. The van der Waals surface area contributed by atoms with Crippen LogP contribution in [0.4, 0.5) is 0 Å². The van der Waals surface area contributed by atoms with Gasteiger partial charge >= 0.3 is 0 Å². The standard InChI is InChI=1S/C15H20O2/c1-9-6-10-7-14-11(4-5-17-14)15(2,3)12(10)8-13(9)16/h4-6,10,12-13,16H,7-8H2,1-3H3/t10-,12-,13-/m1/s1. The summed E-state index contributed by atoms with van der Waals surface area (Å²) in [5.41, 5.74) is 2.56. The van der Waals surface area contributed by atoms with Crippen LogP contribution in [0.25, 0.3) is 0 Å². The number of hydrogen-bond donors (Lipinski definition) is 1. The molecule has 0 unspecified atom stereocenters. The third kappa shape index (κ3) is 1.50. The quantitative estimate of drug-likeness (QED) is 0.697. The van der Waals surface area contributed by atoms with Crippen molar-refractivity contribution < 1.29 is 9.52 Å². The minimum Gasteiger partial charge on any atom is -0.469 e. The van der Waals surface area contributed by atoms with Crippen LogP contribution in [-0.2, 0) is 11.8 Å². The molecular weight excluding hydrogens is 212 g/mol. The third-order valence-corrected chi connectivity index (χ3v) is 4.78. The lowest BCUT2D eigenvalue weighted by Crippen LogP contribution is -2.43. The van der Waals surface area contributed by atoms with E-state index in [1.165, 1.54) is 5.56 Å². The highest BCUT2D eigenvalue weighted by Crippen LogP contribution is 2.49. The van der Waals surface area contributed by atoms with E-state index in [0.29, 0.717) is 11.8 Å². The fraction of sp³-hybridized carbons (Fsp3) is 0.600. The number of allylic oxidation sites excluding steroid dienone is 1. The Morgan fingerprint density at radius 1 is 1.41 bits per heavy atom. The lowest BCUT2D eigenvalue weighted by molar-refractivity contribution is 0.0980. The van der Waals surface area contributed by atoms with E-state index in [0.717, 1.165) is 24.2 Å². The van der Waals surface area contributed by atoms with Gasteiger partial charge in [-0.3, -0.25) is 0 Å². The molecule has 3 atom stereocenters. The molecule has 0 fully saturated rings. The highest BCUT2D eigenvalue weighted by molar-refractivity contribution is 5.34. The zero-order chi connectivity index (χ0) is 12.2. The van der Waals surface area contributed by atoms with Gasteiger partial charge in [-0.2, -0.15) is 0 Å². The first-order valence-corrected chi connectivity index (χ1v) is 6.43. The Hall–Kier alpha value is -1.02. The molecule has 0 aromatic carbocycles. The molecule has 0 bridgehead atoms. The van der Waals surface area contributed by atoms with E-state index >= 15 is 0 Å². The summed E-state index contributed by atoms with van der Waals surface area (Å²) in [5, 5.41) is 10.1. The summed E-state index contributed by atoms with van der Waals surface area (Å²) in [6.45, 7) is 6.59. The van der Waals surface area contributed by atoms with Crippen molar-refractivity contribution in [2.75, 3.05) is 0 Å². The van der Waals surface area contributed by atoms with Gasteiger partial charge in [-0.1, -0.05) is 19.9 Å². The number of aliphatic hydroxyl groups excluding tert-OH is 1. The van der Waals surface area contributed by atoms with Crippen molar-refractivity contribution in [1.29, 1.82) is 0 Å². The Balaban J connectivity index is 2.07. The van der Waals surface area contributed by atoms with Gasteiger partial charge in [0.25, 0.3) is 0 Å². The number of furan rings is 1. The van der Waals surface area contributed by atoms with Crippen LogP contribution in [0.5, 0.6) is 0 Å². The third-order valence-electron chi connectivity index (χ3n) is 4.78. The molecule has 2 aliphatic carbocycles. The number of aliphatic hydroxyl groups is 1. The second-order valence-corrected chi connectivity index (χ2v) is 6.12. The van der Waals surface area contributed by atoms with Crippen LogP contribution < -0.4 is 0 Å². The maximum atomic E-state index is 10.1. The highest BCUT2D eigenvalue weighted by Gasteiger charge is 2.45. The first-order chi connectivity index (χ1) is 8.00. The van der Waals surface area contributed by atoms with Crippen LogP contribution in [0.1, 0.15) is 38.5 Å².